The van der Waals surface area contributed by atoms with Crippen LogP contribution in [0.15, 0.2) is 30.4 Å². The van der Waals surface area contributed by atoms with Gasteiger partial charge in [0.15, 0.2) is 5.71 Å². The van der Waals surface area contributed by atoms with E-state index in [1.165, 1.54) is 12.1 Å². The quantitative estimate of drug-likeness (QED) is 0.389. The number of ether oxygens (including phenoxy) is 1. The molecule has 1 fully saturated rings. The Morgan fingerprint density at radius 2 is 1.92 bits per heavy atom. The van der Waals surface area contributed by atoms with E-state index in [-0.39, 0.29) is 17.1 Å². The molecule has 1 N–H and O–H groups in total. The van der Waals surface area contributed by atoms with E-state index in [2.05, 4.69) is 11.5 Å². The van der Waals surface area contributed by atoms with Crippen LogP contribution < -0.4 is 10.2 Å². The summed E-state index contributed by atoms with van der Waals surface area (Å²) >= 11 is 0. The molecule has 0 radical (unpaired) electrons. The highest BCUT2D eigenvalue weighted by Gasteiger charge is 2.25. The Bertz CT molecular complexity index is 694. The van der Waals surface area contributed by atoms with E-state index in [4.69, 9.17) is 4.74 Å². The Morgan fingerprint density at radius 1 is 1.28 bits per heavy atom. The van der Waals surface area contributed by atoms with Crippen LogP contribution in [-0.4, -0.2) is 59.6 Å². The number of carbonyl (C=O) groups is 1. The number of para-hydroxylation sites is 1. The molecular formula is C17H23N4O4-. The third-order valence-electron chi connectivity index (χ3n) is 4.19. The molecule has 1 saturated heterocycles. The van der Waals surface area contributed by atoms with Crippen molar-refractivity contribution in [2.45, 2.75) is 13.8 Å². The smallest absolute Gasteiger partial charge is 0.415 e. The fourth-order valence-corrected chi connectivity index (χ4v) is 2.39. The molecule has 0 unspecified atom stereocenters. The van der Waals surface area contributed by atoms with Gasteiger partial charge in [-0.2, -0.15) is 4.74 Å². The molecule has 0 aliphatic carbocycles. The number of anilines is 1. The molecule has 0 atom stereocenters. The van der Waals surface area contributed by atoms with Crippen LogP contribution in [-0.2, 0) is 0 Å². The van der Waals surface area contributed by atoms with Gasteiger partial charge in [0.2, 0.25) is 5.75 Å². The van der Waals surface area contributed by atoms with Gasteiger partial charge in [-0.1, -0.05) is 12.6 Å². The molecule has 0 saturated carbocycles. The molecule has 2 rings (SSSR count). The van der Waals surface area contributed by atoms with Crippen LogP contribution in [0.5, 0.6) is 5.75 Å². The second kappa shape index (κ2) is 8.00. The van der Waals surface area contributed by atoms with Crippen LogP contribution in [0.4, 0.5) is 16.2 Å². The molecule has 1 aliphatic heterocycles. The number of allylic oxidation sites excluding steroid dienone is 1. The van der Waals surface area contributed by atoms with Gasteiger partial charge >= 0.3 is 6.09 Å². The Morgan fingerprint density at radius 3 is 2.48 bits per heavy atom. The van der Waals surface area contributed by atoms with Gasteiger partial charge in [0.25, 0.3) is 5.69 Å². The number of nitrogens with one attached hydrogen (secondary N) is 1. The van der Waals surface area contributed by atoms with Crippen molar-refractivity contribution in [2.75, 3.05) is 38.7 Å². The fraction of sp³-hybridized carbons (Fsp3) is 0.412. The molecule has 0 spiro atoms. The second-order valence-electron chi connectivity index (χ2n) is 6.07. The molecule has 1 amide bonds. The Kier molecular flexibility index (Phi) is 6.00. The molecule has 136 valence electrons. The van der Waals surface area contributed by atoms with E-state index in [0.717, 1.165) is 13.1 Å². The number of likely N-dealkylation sites (N-methyl/N-ethyl adjacent to an activating group) is 1. The average molecular weight is 347 g/mol. The first kappa shape index (κ1) is 18.8. The number of carbonyl (C=O) groups excluding carboxylic acids is 1. The maximum atomic E-state index is 12.6. The van der Waals surface area contributed by atoms with Crippen molar-refractivity contribution in [1.82, 2.24) is 9.80 Å². The molecule has 25 heavy (non-hydrogen) atoms. The summed E-state index contributed by atoms with van der Waals surface area (Å²) in [7, 11) is 1.98. The zero-order valence-corrected chi connectivity index (χ0v) is 14.7. The molecule has 1 aromatic carbocycles. The van der Waals surface area contributed by atoms with Gasteiger partial charge in [-0.05, 0) is 26.1 Å². The predicted octanol–water partition coefficient (Wildman–Crippen LogP) is 2.52. The van der Waals surface area contributed by atoms with Crippen molar-refractivity contribution < 1.29 is 14.3 Å². The highest BCUT2D eigenvalue weighted by atomic mass is 16.6. The van der Waals surface area contributed by atoms with Crippen LogP contribution in [0.1, 0.15) is 13.8 Å². The molecule has 0 bridgehead atoms. The van der Waals surface area contributed by atoms with E-state index >= 15 is 0 Å². The lowest BCUT2D eigenvalue weighted by atomic mass is 10.2. The first-order valence-electron chi connectivity index (χ1n) is 7.98. The van der Waals surface area contributed by atoms with Crippen LogP contribution >= 0.6 is 0 Å². The van der Waals surface area contributed by atoms with Gasteiger partial charge in [0.05, 0.1) is 0 Å². The Hall–Kier alpha value is -2.58. The number of amides is 1. The zero-order chi connectivity index (χ0) is 18.6. The van der Waals surface area contributed by atoms with Gasteiger partial charge in [-0.3, -0.25) is 0 Å². The van der Waals surface area contributed by atoms with Gasteiger partial charge in [0, 0.05) is 38.7 Å². The number of benzene rings is 1. The third kappa shape index (κ3) is 4.28. The van der Waals surface area contributed by atoms with Crippen molar-refractivity contribution in [1.29, 1.82) is 0 Å². The largest absolute Gasteiger partial charge is 0.761 e. The van der Waals surface area contributed by atoms with Crippen molar-refractivity contribution in [3.63, 3.8) is 0 Å². The molecular weight excluding hydrogens is 324 g/mol. The van der Waals surface area contributed by atoms with Gasteiger partial charge in [0.1, 0.15) is 5.69 Å². The second-order valence-corrected chi connectivity index (χ2v) is 6.07. The number of hydrogen-bond donors (Lipinski definition) is 1. The molecule has 8 nitrogen and oxygen atoms in total. The summed E-state index contributed by atoms with van der Waals surface area (Å²) in [4.78, 5) is 16.1. The Balaban J connectivity index is 2.33. The summed E-state index contributed by atoms with van der Waals surface area (Å²) in [6, 6.07) is 4.48. The van der Waals surface area contributed by atoms with Crippen LogP contribution in [0, 0.1) is 10.4 Å². The van der Waals surface area contributed by atoms with E-state index in [0.29, 0.717) is 29.1 Å². The lowest BCUT2D eigenvalue weighted by Crippen LogP contribution is -2.48. The van der Waals surface area contributed by atoms with Gasteiger partial charge in [-0.25, -0.2) is 4.79 Å². The first-order chi connectivity index (χ1) is 11.8. The summed E-state index contributed by atoms with van der Waals surface area (Å²) in [6.07, 6.45) is -0.543. The summed E-state index contributed by atoms with van der Waals surface area (Å²) in [6.45, 7) is 9.59. The minimum absolute atomic E-state index is 0.0271. The average Bonchev–Trinajstić information content (AvgIpc) is 2.60. The summed E-state index contributed by atoms with van der Waals surface area (Å²) in [5, 5.41) is 23.8. The third-order valence-corrected chi connectivity index (χ3v) is 4.19. The summed E-state index contributed by atoms with van der Waals surface area (Å²) in [5.74, 6) is 0.0281. The highest BCUT2D eigenvalue weighted by molar-refractivity contribution is 5.94. The van der Waals surface area contributed by atoms with E-state index in [1.54, 1.807) is 30.3 Å². The monoisotopic (exact) mass is 347 g/mol. The predicted molar refractivity (Wildman–Crippen MR) is 97.3 cm³/mol. The fourth-order valence-electron chi connectivity index (χ4n) is 2.39. The standard InChI is InChI=1S/C17H23N4O4/c1-12(2)13(3)21(24)16-14(18-23)6-5-7-15(16)25-17(22)20-10-8-19(4)9-11-20/h5-7,18H,1,8-11H2,2-4H3/q-1/b21-13+. The molecule has 0 aromatic heterocycles. The molecule has 8 heteroatoms. The maximum Gasteiger partial charge on any atom is 0.415 e. The number of nitrogens with zero attached hydrogens (tertiary/aromatic N) is 3. The van der Waals surface area contributed by atoms with Crippen LogP contribution in [0.2, 0.25) is 0 Å². The lowest BCUT2D eigenvalue weighted by Gasteiger charge is -2.31. The minimum Gasteiger partial charge on any atom is -0.761 e. The summed E-state index contributed by atoms with van der Waals surface area (Å²) < 4.78 is 5.97. The Labute approximate surface area is 147 Å². The zero-order valence-electron chi connectivity index (χ0n) is 14.7. The summed E-state index contributed by atoms with van der Waals surface area (Å²) in [5.41, 5.74) is 2.58. The highest BCUT2D eigenvalue weighted by Crippen LogP contribution is 2.35. The molecule has 1 heterocycles. The normalized spacial score (nSPS) is 16.2. The topological polar surface area (TPSA) is 93.9 Å². The first-order valence-corrected chi connectivity index (χ1v) is 7.98. The van der Waals surface area contributed by atoms with E-state index < -0.39 is 6.09 Å². The van der Waals surface area contributed by atoms with E-state index in [9.17, 15) is 15.2 Å². The van der Waals surface area contributed by atoms with Crippen molar-refractivity contribution in [3.05, 3.63) is 40.8 Å². The van der Waals surface area contributed by atoms with Crippen LogP contribution in [0.25, 0.3) is 0 Å². The molecule has 1 aliphatic rings. The number of hydrogen-bond acceptors (Lipinski definition) is 6. The number of piperazine rings is 1. The van der Waals surface area contributed by atoms with Crippen molar-refractivity contribution in [2.24, 2.45) is 0 Å². The van der Waals surface area contributed by atoms with Gasteiger partial charge < -0.3 is 30.4 Å². The van der Waals surface area contributed by atoms with Crippen molar-refractivity contribution >= 4 is 23.2 Å². The molecule has 1 aromatic rings. The van der Waals surface area contributed by atoms with Crippen molar-refractivity contribution in [3.8, 4) is 5.75 Å². The maximum absolute atomic E-state index is 12.6. The van der Waals surface area contributed by atoms with Gasteiger partial charge in [-0.15, -0.1) is 0 Å². The van der Waals surface area contributed by atoms with E-state index in [1.807, 2.05) is 7.05 Å². The SMILES string of the molecule is C=C(C)/C(C)=[N+](/[O-])c1c(N[O-])cccc1OC(=O)N1CCN(C)CC1. The number of rotatable bonds is 4. The minimum atomic E-state index is -0.543. The lowest BCUT2D eigenvalue weighted by molar-refractivity contribution is -0.360. The van der Waals surface area contributed by atoms with Crippen LogP contribution in [0.3, 0.4) is 0 Å².